The molecule has 0 unspecified atom stereocenters. The quantitative estimate of drug-likeness (QED) is 0.803. The van der Waals surface area contributed by atoms with Gasteiger partial charge in [0.05, 0.1) is 12.2 Å². The minimum atomic E-state index is 0.0469. The fraction of sp³-hybridized carbons (Fsp3) is 0.400. The van der Waals surface area contributed by atoms with Gasteiger partial charge in [-0.05, 0) is 7.05 Å². The average molecular weight is 238 g/mol. The molecule has 2 aromatic heterocycles. The maximum atomic E-state index is 11.3. The molecule has 2 aromatic rings. The van der Waals surface area contributed by atoms with Gasteiger partial charge in [0, 0.05) is 30.7 Å². The van der Waals surface area contributed by atoms with Crippen LogP contribution in [0.4, 0.5) is 0 Å². The first-order chi connectivity index (χ1) is 7.79. The van der Waals surface area contributed by atoms with Crippen molar-refractivity contribution < 1.29 is 4.79 Å². The fourth-order valence-electron chi connectivity index (χ4n) is 1.38. The zero-order chi connectivity index (χ0) is 11.4. The van der Waals surface area contributed by atoms with E-state index in [1.807, 2.05) is 29.2 Å². The number of amides is 1. The molecule has 1 amide bonds. The van der Waals surface area contributed by atoms with Gasteiger partial charge in [-0.1, -0.05) is 0 Å². The van der Waals surface area contributed by atoms with Crippen molar-refractivity contribution in [2.24, 2.45) is 0 Å². The zero-order valence-corrected chi connectivity index (χ0v) is 9.88. The molecule has 86 valence electrons. The van der Waals surface area contributed by atoms with Crippen LogP contribution in [0.25, 0.3) is 4.96 Å². The highest BCUT2D eigenvalue weighted by molar-refractivity contribution is 7.15. The second-order valence-electron chi connectivity index (χ2n) is 3.46. The van der Waals surface area contributed by atoms with E-state index in [0.29, 0.717) is 19.5 Å². The third-order valence-corrected chi connectivity index (χ3v) is 2.98. The van der Waals surface area contributed by atoms with E-state index in [9.17, 15) is 4.79 Å². The van der Waals surface area contributed by atoms with Crippen molar-refractivity contribution in [3.05, 3.63) is 23.5 Å². The molecule has 0 bridgehead atoms. The second kappa shape index (κ2) is 5.09. The highest BCUT2D eigenvalue weighted by Gasteiger charge is 2.04. The first-order valence-electron chi connectivity index (χ1n) is 5.12. The molecule has 2 heterocycles. The summed E-state index contributed by atoms with van der Waals surface area (Å²) in [6.07, 6.45) is 4.39. The van der Waals surface area contributed by atoms with E-state index in [2.05, 4.69) is 15.6 Å². The van der Waals surface area contributed by atoms with Crippen LogP contribution in [0.1, 0.15) is 12.1 Å². The smallest absolute Gasteiger partial charge is 0.221 e. The van der Waals surface area contributed by atoms with E-state index in [1.165, 1.54) is 0 Å². The lowest BCUT2D eigenvalue weighted by atomic mass is 10.4. The van der Waals surface area contributed by atoms with E-state index < -0.39 is 0 Å². The Morgan fingerprint density at radius 1 is 1.62 bits per heavy atom. The van der Waals surface area contributed by atoms with Gasteiger partial charge in [-0.25, -0.2) is 4.98 Å². The minimum absolute atomic E-state index is 0.0469. The Bertz CT molecular complexity index is 447. The number of hydrogen-bond acceptors (Lipinski definition) is 4. The van der Waals surface area contributed by atoms with E-state index in [4.69, 9.17) is 0 Å². The van der Waals surface area contributed by atoms with Gasteiger partial charge in [-0.15, -0.1) is 11.3 Å². The Morgan fingerprint density at radius 2 is 2.50 bits per heavy atom. The third kappa shape index (κ3) is 2.59. The summed E-state index contributed by atoms with van der Waals surface area (Å²) < 4.78 is 1.96. The molecule has 0 saturated carbocycles. The Morgan fingerprint density at radius 3 is 3.25 bits per heavy atom. The largest absolute Gasteiger partial charge is 0.350 e. The molecule has 0 fully saturated rings. The van der Waals surface area contributed by atoms with Crippen molar-refractivity contribution in [2.45, 2.75) is 13.0 Å². The highest BCUT2D eigenvalue weighted by atomic mass is 32.1. The van der Waals surface area contributed by atoms with Crippen molar-refractivity contribution >= 4 is 22.2 Å². The van der Waals surface area contributed by atoms with E-state index in [0.717, 1.165) is 10.7 Å². The number of thiazole rings is 1. The molecule has 0 radical (unpaired) electrons. The van der Waals surface area contributed by atoms with Crippen molar-refractivity contribution in [1.29, 1.82) is 0 Å². The van der Waals surface area contributed by atoms with Crippen LogP contribution >= 0.6 is 11.3 Å². The number of nitrogens with one attached hydrogen (secondary N) is 2. The van der Waals surface area contributed by atoms with Crippen LogP contribution in [0.3, 0.4) is 0 Å². The van der Waals surface area contributed by atoms with Crippen LogP contribution in [0.15, 0.2) is 17.8 Å². The summed E-state index contributed by atoms with van der Waals surface area (Å²) in [6.45, 7) is 1.20. The van der Waals surface area contributed by atoms with Crippen molar-refractivity contribution in [2.75, 3.05) is 13.6 Å². The Balaban J connectivity index is 1.86. The topological polar surface area (TPSA) is 58.4 Å². The predicted molar refractivity (Wildman–Crippen MR) is 63.5 cm³/mol. The van der Waals surface area contributed by atoms with Gasteiger partial charge in [0.25, 0.3) is 0 Å². The van der Waals surface area contributed by atoms with Gasteiger partial charge in [-0.3, -0.25) is 9.20 Å². The van der Waals surface area contributed by atoms with Crippen molar-refractivity contribution in [3.63, 3.8) is 0 Å². The number of fused-ring (bicyclic) bond motifs is 1. The molecular formula is C10H14N4OS. The lowest BCUT2D eigenvalue weighted by molar-refractivity contribution is -0.121. The fourth-order valence-corrected chi connectivity index (χ4v) is 2.10. The molecule has 0 saturated heterocycles. The lowest BCUT2D eigenvalue weighted by Crippen LogP contribution is -2.26. The van der Waals surface area contributed by atoms with Gasteiger partial charge in [0.1, 0.15) is 0 Å². The number of carbonyl (C=O) groups excluding carboxylic acids is 1. The number of aromatic nitrogens is 2. The maximum Gasteiger partial charge on any atom is 0.221 e. The van der Waals surface area contributed by atoms with Gasteiger partial charge in [-0.2, -0.15) is 0 Å². The van der Waals surface area contributed by atoms with Crippen LogP contribution in [0, 0.1) is 0 Å². The van der Waals surface area contributed by atoms with Gasteiger partial charge in [0.15, 0.2) is 4.96 Å². The molecule has 16 heavy (non-hydrogen) atoms. The normalized spacial score (nSPS) is 10.8. The summed E-state index contributed by atoms with van der Waals surface area (Å²) in [6, 6.07) is 0. The molecule has 0 aliphatic carbocycles. The number of carbonyl (C=O) groups is 1. The Labute approximate surface area is 97.5 Å². The monoisotopic (exact) mass is 238 g/mol. The summed E-state index contributed by atoms with van der Waals surface area (Å²) >= 11 is 1.59. The van der Waals surface area contributed by atoms with Crippen molar-refractivity contribution in [1.82, 2.24) is 20.0 Å². The van der Waals surface area contributed by atoms with Crippen LogP contribution in [0.5, 0.6) is 0 Å². The van der Waals surface area contributed by atoms with E-state index >= 15 is 0 Å². The summed E-state index contributed by atoms with van der Waals surface area (Å²) in [4.78, 5) is 16.7. The minimum Gasteiger partial charge on any atom is -0.350 e. The van der Waals surface area contributed by atoms with Gasteiger partial charge >= 0.3 is 0 Å². The Hall–Kier alpha value is -1.40. The van der Waals surface area contributed by atoms with Crippen molar-refractivity contribution in [3.8, 4) is 0 Å². The summed E-state index contributed by atoms with van der Waals surface area (Å²) in [5.74, 6) is 0.0469. The lowest BCUT2D eigenvalue weighted by Gasteiger charge is -2.01. The van der Waals surface area contributed by atoms with Gasteiger partial charge in [0.2, 0.25) is 5.91 Å². The van der Waals surface area contributed by atoms with Crippen LogP contribution in [0.2, 0.25) is 0 Å². The molecule has 2 rings (SSSR count). The molecule has 0 aliphatic rings. The molecule has 2 N–H and O–H groups in total. The second-order valence-corrected chi connectivity index (χ2v) is 4.33. The van der Waals surface area contributed by atoms with E-state index in [1.54, 1.807) is 11.3 Å². The van der Waals surface area contributed by atoms with E-state index in [-0.39, 0.29) is 5.91 Å². The number of nitrogens with zero attached hydrogens (tertiary/aromatic N) is 2. The molecule has 0 aromatic carbocycles. The van der Waals surface area contributed by atoms with Crippen LogP contribution in [-0.2, 0) is 11.3 Å². The number of hydrogen-bond donors (Lipinski definition) is 2. The summed E-state index contributed by atoms with van der Waals surface area (Å²) in [7, 11) is 1.83. The Kier molecular flexibility index (Phi) is 3.53. The molecular weight excluding hydrogens is 224 g/mol. The summed E-state index contributed by atoms with van der Waals surface area (Å²) in [5.41, 5.74) is 0.893. The highest BCUT2D eigenvalue weighted by Crippen LogP contribution is 2.10. The maximum absolute atomic E-state index is 11.3. The third-order valence-electron chi connectivity index (χ3n) is 2.21. The first kappa shape index (κ1) is 11.1. The SMILES string of the molecule is CNCCC(=O)NCc1cn2ccsc2n1. The molecule has 5 nitrogen and oxygen atoms in total. The molecule has 0 atom stereocenters. The average Bonchev–Trinajstić information content (AvgIpc) is 2.83. The summed E-state index contributed by atoms with van der Waals surface area (Å²) in [5, 5.41) is 7.75. The standard InChI is InChI=1S/C10H14N4OS/c1-11-3-2-9(15)12-6-8-7-14-4-5-16-10(14)13-8/h4-5,7,11H,2-3,6H2,1H3,(H,12,15). The van der Waals surface area contributed by atoms with Gasteiger partial charge < -0.3 is 10.6 Å². The molecule has 0 spiro atoms. The first-order valence-corrected chi connectivity index (χ1v) is 6.00. The van der Waals surface area contributed by atoms with Crippen LogP contribution in [-0.4, -0.2) is 28.9 Å². The molecule has 0 aliphatic heterocycles. The molecule has 6 heteroatoms. The number of rotatable bonds is 5. The zero-order valence-electron chi connectivity index (χ0n) is 9.06. The van der Waals surface area contributed by atoms with Crippen LogP contribution < -0.4 is 10.6 Å². The predicted octanol–water partition coefficient (Wildman–Crippen LogP) is 0.622. The number of imidazole rings is 1.